The summed E-state index contributed by atoms with van der Waals surface area (Å²) in [6.07, 6.45) is 0. The van der Waals surface area contributed by atoms with E-state index < -0.39 is 31.8 Å². The molecule has 0 aliphatic carbocycles. The first-order valence-electron chi connectivity index (χ1n) is 5.59. The van der Waals surface area contributed by atoms with Gasteiger partial charge in [-0.05, 0) is 12.1 Å². The molecule has 0 aliphatic rings. The van der Waals surface area contributed by atoms with E-state index in [-0.39, 0.29) is 11.1 Å². The molecule has 0 fully saturated rings. The number of para-hydroxylation sites is 1. The van der Waals surface area contributed by atoms with E-state index in [2.05, 4.69) is 0 Å². The maximum atomic E-state index is 11.1. The molecule has 2 rings (SSSR count). The lowest BCUT2D eigenvalue weighted by atomic mass is 10.00. The Bertz CT molecular complexity index is 726. The van der Waals surface area contributed by atoms with Gasteiger partial charge >= 0.3 is 0 Å². The van der Waals surface area contributed by atoms with Crippen LogP contribution in [-0.2, 0) is 0 Å². The smallest absolute Gasteiger partial charge is 0.258 e. The van der Waals surface area contributed by atoms with Gasteiger partial charge in [0.2, 0.25) is 0 Å². The van der Waals surface area contributed by atoms with Crippen LogP contribution in [0.2, 0.25) is 0 Å². The molecular weight excluding hydrogens is 282 g/mol. The molecule has 0 aromatic heterocycles. The molecule has 2 aromatic carbocycles. The zero-order valence-corrected chi connectivity index (χ0v) is 10.3. The van der Waals surface area contributed by atoms with Crippen molar-refractivity contribution in [1.29, 1.82) is 0 Å². The lowest BCUT2D eigenvalue weighted by molar-refractivity contribution is -0.393. The fourth-order valence-corrected chi connectivity index (χ4v) is 1.95. The summed E-state index contributed by atoms with van der Waals surface area (Å²) in [4.78, 5) is 30.8. The van der Waals surface area contributed by atoms with E-state index in [4.69, 9.17) is 0 Å². The fourth-order valence-electron chi connectivity index (χ4n) is 1.95. The van der Waals surface area contributed by atoms with Crippen molar-refractivity contribution in [2.45, 2.75) is 0 Å². The highest BCUT2D eigenvalue weighted by molar-refractivity contribution is 5.87. The molecule has 2 aromatic rings. The van der Waals surface area contributed by atoms with Crippen molar-refractivity contribution in [3.63, 3.8) is 0 Å². The zero-order valence-electron chi connectivity index (χ0n) is 10.3. The van der Waals surface area contributed by atoms with Gasteiger partial charge in [0.15, 0.2) is 0 Å². The fraction of sp³-hybridized carbons (Fsp3) is 0. The molecule has 0 bridgehead atoms. The van der Waals surface area contributed by atoms with E-state index in [1.54, 1.807) is 0 Å². The average Bonchev–Trinajstić information content (AvgIpc) is 2.46. The van der Waals surface area contributed by atoms with Crippen LogP contribution in [0.3, 0.4) is 0 Å². The van der Waals surface area contributed by atoms with Crippen LogP contribution in [-0.4, -0.2) is 14.8 Å². The Morgan fingerprint density at radius 1 is 0.619 bits per heavy atom. The van der Waals surface area contributed by atoms with Gasteiger partial charge in [-0.25, -0.2) is 0 Å². The third-order valence-electron chi connectivity index (χ3n) is 2.78. The summed E-state index contributed by atoms with van der Waals surface area (Å²) in [5.41, 5.74) is -2.09. The predicted molar refractivity (Wildman–Crippen MR) is 71.8 cm³/mol. The minimum Gasteiger partial charge on any atom is -0.258 e. The van der Waals surface area contributed by atoms with Gasteiger partial charge in [0.25, 0.3) is 17.1 Å². The summed E-state index contributed by atoms with van der Waals surface area (Å²) in [5.74, 6) is 0. The zero-order chi connectivity index (χ0) is 15.6. The second-order valence-electron chi connectivity index (χ2n) is 3.96. The van der Waals surface area contributed by atoms with Crippen LogP contribution in [0.1, 0.15) is 0 Å². The molecule has 9 nitrogen and oxygen atoms in total. The van der Waals surface area contributed by atoms with Crippen LogP contribution < -0.4 is 0 Å². The van der Waals surface area contributed by atoms with Crippen LogP contribution in [0.25, 0.3) is 11.1 Å². The van der Waals surface area contributed by atoms with Crippen molar-refractivity contribution in [2.24, 2.45) is 0 Å². The van der Waals surface area contributed by atoms with E-state index in [0.717, 1.165) is 24.3 Å². The minimum absolute atomic E-state index is 0.165. The van der Waals surface area contributed by atoms with Gasteiger partial charge < -0.3 is 0 Å². The van der Waals surface area contributed by atoms with E-state index >= 15 is 0 Å². The molecular formula is C12H7N3O6. The maximum absolute atomic E-state index is 11.1. The normalized spacial score (nSPS) is 10.1. The molecule has 21 heavy (non-hydrogen) atoms. The van der Waals surface area contributed by atoms with Gasteiger partial charge in [0, 0.05) is 18.2 Å². The van der Waals surface area contributed by atoms with Crippen LogP contribution in [0, 0.1) is 30.3 Å². The summed E-state index contributed by atoms with van der Waals surface area (Å²) in [5, 5.41) is 33.2. The van der Waals surface area contributed by atoms with Crippen LogP contribution in [0.5, 0.6) is 0 Å². The largest absolute Gasteiger partial charge is 0.284 e. The van der Waals surface area contributed by atoms with Crippen molar-refractivity contribution < 1.29 is 14.8 Å². The summed E-state index contributed by atoms with van der Waals surface area (Å²) >= 11 is 0. The topological polar surface area (TPSA) is 129 Å². The van der Waals surface area contributed by atoms with E-state index in [1.807, 2.05) is 0 Å². The molecule has 0 atom stereocenters. The molecule has 0 amide bonds. The van der Waals surface area contributed by atoms with Gasteiger partial charge in [-0.15, -0.1) is 0 Å². The van der Waals surface area contributed by atoms with Crippen LogP contribution in [0.15, 0.2) is 42.5 Å². The highest BCUT2D eigenvalue weighted by atomic mass is 16.6. The Balaban J connectivity index is 2.88. The first kappa shape index (κ1) is 14.1. The summed E-state index contributed by atoms with van der Waals surface area (Å²) < 4.78 is 0. The summed E-state index contributed by atoms with van der Waals surface area (Å²) in [6, 6.07) is 8.47. The van der Waals surface area contributed by atoms with E-state index in [0.29, 0.717) is 0 Å². The van der Waals surface area contributed by atoms with E-state index in [1.165, 1.54) is 18.2 Å². The second kappa shape index (κ2) is 5.33. The molecule has 0 N–H and O–H groups in total. The summed E-state index contributed by atoms with van der Waals surface area (Å²) in [6.45, 7) is 0. The SMILES string of the molecule is O=[N+]([O-])c1ccccc1-c1c([N+](=O)[O-])cccc1[N+](=O)[O-]. The van der Waals surface area contributed by atoms with Gasteiger partial charge in [-0.1, -0.05) is 12.1 Å². The van der Waals surface area contributed by atoms with Gasteiger partial charge in [-0.3, -0.25) is 30.3 Å². The van der Waals surface area contributed by atoms with E-state index in [9.17, 15) is 30.3 Å². The molecule has 0 unspecified atom stereocenters. The van der Waals surface area contributed by atoms with Gasteiger partial charge in [0.1, 0.15) is 5.56 Å². The first-order chi connectivity index (χ1) is 9.93. The Morgan fingerprint density at radius 3 is 1.52 bits per heavy atom. The lowest BCUT2D eigenvalue weighted by Crippen LogP contribution is -2.00. The van der Waals surface area contributed by atoms with Crippen LogP contribution >= 0.6 is 0 Å². The molecule has 0 saturated carbocycles. The molecule has 9 heteroatoms. The first-order valence-corrected chi connectivity index (χ1v) is 5.59. The van der Waals surface area contributed by atoms with Gasteiger partial charge in [0.05, 0.1) is 20.3 Å². The third kappa shape index (κ3) is 2.52. The number of hydrogen-bond acceptors (Lipinski definition) is 6. The molecule has 0 saturated heterocycles. The molecule has 0 aliphatic heterocycles. The minimum atomic E-state index is -0.806. The average molecular weight is 289 g/mol. The molecule has 0 spiro atoms. The quantitative estimate of drug-likeness (QED) is 0.628. The van der Waals surface area contributed by atoms with Crippen molar-refractivity contribution in [3.8, 4) is 11.1 Å². The van der Waals surface area contributed by atoms with Crippen molar-refractivity contribution in [1.82, 2.24) is 0 Å². The lowest BCUT2D eigenvalue weighted by Gasteiger charge is -2.05. The maximum Gasteiger partial charge on any atom is 0.284 e. The third-order valence-corrected chi connectivity index (χ3v) is 2.78. The molecule has 106 valence electrons. The van der Waals surface area contributed by atoms with Crippen molar-refractivity contribution in [2.75, 3.05) is 0 Å². The number of benzene rings is 2. The molecule has 0 heterocycles. The number of rotatable bonds is 4. The molecule has 0 radical (unpaired) electrons. The monoisotopic (exact) mass is 289 g/mol. The number of nitro groups is 3. The Morgan fingerprint density at radius 2 is 1.05 bits per heavy atom. The Hall–Kier alpha value is -3.36. The second-order valence-corrected chi connectivity index (χ2v) is 3.96. The number of hydrogen-bond donors (Lipinski definition) is 0. The summed E-state index contributed by atoms with van der Waals surface area (Å²) in [7, 11) is 0. The van der Waals surface area contributed by atoms with Crippen molar-refractivity contribution >= 4 is 17.1 Å². The number of nitro benzene ring substituents is 3. The Kier molecular flexibility index (Phi) is 3.57. The highest BCUT2D eigenvalue weighted by Gasteiger charge is 2.30. The standard InChI is InChI=1S/C12H7N3O6/c16-13(17)9-5-2-1-4-8(9)12-10(14(18)19)6-3-7-11(12)15(20)21/h1-7H. The predicted octanol–water partition coefficient (Wildman–Crippen LogP) is 3.08. The number of nitrogens with zero attached hydrogens (tertiary/aromatic N) is 3. The van der Waals surface area contributed by atoms with Gasteiger partial charge in [-0.2, -0.15) is 0 Å². The van der Waals surface area contributed by atoms with Crippen molar-refractivity contribution in [3.05, 3.63) is 72.8 Å². The van der Waals surface area contributed by atoms with Crippen LogP contribution in [0.4, 0.5) is 17.1 Å². The Labute approximate surface area is 116 Å². The highest BCUT2D eigenvalue weighted by Crippen LogP contribution is 2.41.